The molecule has 0 aromatic heterocycles. The fourth-order valence-electron chi connectivity index (χ4n) is 3.63. The normalized spacial score (nSPS) is 17.8. The van der Waals surface area contributed by atoms with Gasteiger partial charge in [-0.15, -0.1) is 0 Å². The van der Waals surface area contributed by atoms with Gasteiger partial charge in [0.05, 0.1) is 9.82 Å². The number of amides is 1. The number of hydrogen-bond acceptors (Lipinski definition) is 5. The van der Waals surface area contributed by atoms with E-state index in [9.17, 15) is 23.3 Å². The minimum Gasteiger partial charge on any atom is -0.325 e. The van der Waals surface area contributed by atoms with Crippen LogP contribution < -0.4 is 5.32 Å². The number of nitro groups is 1. The smallest absolute Gasteiger partial charge is 0.270 e. The summed E-state index contributed by atoms with van der Waals surface area (Å²) >= 11 is 0. The Morgan fingerprint density at radius 1 is 1.13 bits per heavy atom. The average Bonchev–Trinajstić information content (AvgIpc) is 2.73. The number of rotatable bonds is 5. The zero-order chi connectivity index (χ0) is 22.8. The van der Waals surface area contributed by atoms with Gasteiger partial charge in [0.2, 0.25) is 15.9 Å². The van der Waals surface area contributed by atoms with Crippen molar-refractivity contribution in [1.29, 1.82) is 0 Å². The number of nitrogens with zero attached hydrogens (tertiary/aromatic N) is 2. The largest absolute Gasteiger partial charge is 0.325 e. The molecular formula is C22H27N3O5S. The average molecular weight is 446 g/mol. The lowest BCUT2D eigenvalue weighted by Gasteiger charge is -2.33. The molecular weight excluding hydrogens is 418 g/mol. The van der Waals surface area contributed by atoms with Gasteiger partial charge in [-0.3, -0.25) is 14.9 Å². The molecule has 1 atom stereocenters. The van der Waals surface area contributed by atoms with Crippen molar-refractivity contribution in [2.24, 2.45) is 0 Å². The molecule has 0 radical (unpaired) electrons. The van der Waals surface area contributed by atoms with Crippen LogP contribution in [0.5, 0.6) is 0 Å². The molecule has 1 heterocycles. The highest BCUT2D eigenvalue weighted by atomic mass is 32.2. The molecule has 166 valence electrons. The van der Waals surface area contributed by atoms with E-state index in [1.54, 1.807) is 12.1 Å². The lowest BCUT2D eigenvalue weighted by Crippen LogP contribution is -2.49. The third-order valence-electron chi connectivity index (χ3n) is 5.41. The van der Waals surface area contributed by atoms with E-state index in [4.69, 9.17) is 0 Å². The van der Waals surface area contributed by atoms with Crippen LogP contribution in [0.15, 0.2) is 53.4 Å². The summed E-state index contributed by atoms with van der Waals surface area (Å²) in [6.07, 6.45) is 1.74. The van der Waals surface area contributed by atoms with Gasteiger partial charge in [-0.25, -0.2) is 8.42 Å². The van der Waals surface area contributed by atoms with Gasteiger partial charge in [0.15, 0.2) is 0 Å². The zero-order valence-corrected chi connectivity index (χ0v) is 18.7. The van der Waals surface area contributed by atoms with Gasteiger partial charge >= 0.3 is 0 Å². The minimum absolute atomic E-state index is 0.0188. The summed E-state index contributed by atoms with van der Waals surface area (Å²) in [4.78, 5) is 23.2. The molecule has 31 heavy (non-hydrogen) atoms. The third kappa shape index (κ3) is 5.11. The summed E-state index contributed by atoms with van der Waals surface area (Å²) < 4.78 is 27.6. The van der Waals surface area contributed by atoms with Gasteiger partial charge in [0.25, 0.3) is 5.69 Å². The van der Waals surface area contributed by atoms with Crippen molar-refractivity contribution in [3.8, 4) is 0 Å². The van der Waals surface area contributed by atoms with Gasteiger partial charge < -0.3 is 5.32 Å². The predicted molar refractivity (Wildman–Crippen MR) is 118 cm³/mol. The number of benzene rings is 2. The van der Waals surface area contributed by atoms with Crippen LogP contribution in [-0.4, -0.2) is 36.1 Å². The first kappa shape index (κ1) is 22.9. The van der Waals surface area contributed by atoms with Crippen LogP contribution >= 0.6 is 0 Å². The van der Waals surface area contributed by atoms with Crippen LogP contribution in [0.2, 0.25) is 0 Å². The molecule has 2 aromatic rings. The number of carbonyl (C=O) groups is 1. The van der Waals surface area contributed by atoms with Crippen molar-refractivity contribution in [1.82, 2.24) is 4.31 Å². The highest BCUT2D eigenvalue weighted by Crippen LogP contribution is 2.29. The van der Waals surface area contributed by atoms with E-state index in [2.05, 4.69) is 26.1 Å². The summed E-state index contributed by atoms with van der Waals surface area (Å²) in [6.45, 7) is 6.48. The topological polar surface area (TPSA) is 110 Å². The highest BCUT2D eigenvalue weighted by molar-refractivity contribution is 7.89. The van der Waals surface area contributed by atoms with Crippen LogP contribution in [-0.2, 0) is 20.2 Å². The molecule has 1 aliphatic rings. The molecule has 1 fully saturated rings. The number of piperidine rings is 1. The second kappa shape index (κ2) is 8.76. The monoisotopic (exact) mass is 445 g/mol. The van der Waals surface area contributed by atoms with Crippen molar-refractivity contribution in [2.45, 2.75) is 56.4 Å². The van der Waals surface area contributed by atoms with E-state index >= 15 is 0 Å². The summed E-state index contributed by atoms with van der Waals surface area (Å²) in [6, 6.07) is 11.5. The maximum atomic E-state index is 13.2. The molecule has 1 aliphatic heterocycles. The van der Waals surface area contributed by atoms with E-state index in [0.29, 0.717) is 18.5 Å². The number of sulfonamides is 1. The molecule has 2 aromatic carbocycles. The molecule has 9 heteroatoms. The van der Waals surface area contributed by atoms with Crippen LogP contribution in [0.25, 0.3) is 0 Å². The summed E-state index contributed by atoms with van der Waals surface area (Å²) in [5, 5.41) is 13.9. The highest BCUT2D eigenvalue weighted by Gasteiger charge is 2.38. The minimum atomic E-state index is -4.06. The predicted octanol–water partition coefficient (Wildman–Crippen LogP) is 4.07. The number of nitrogens with one attached hydrogen (secondary N) is 1. The number of hydrogen-bond donors (Lipinski definition) is 1. The Balaban J connectivity index is 1.83. The third-order valence-corrected chi connectivity index (χ3v) is 7.31. The van der Waals surface area contributed by atoms with E-state index in [-0.39, 0.29) is 22.5 Å². The maximum Gasteiger partial charge on any atom is 0.270 e. The maximum absolute atomic E-state index is 13.2. The van der Waals surface area contributed by atoms with E-state index in [1.165, 1.54) is 18.2 Å². The van der Waals surface area contributed by atoms with Gasteiger partial charge in [0.1, 0.15) is 6.04 Å². The first-order valence-corrected chi connectivity index (χ1v) is 11.6. The second-order valence-corrected chi connectivity index (χ2v) is 10.6. The standard InChI is InChI=1S/C22H27N3O5S/c1-22(2,3)16-10-12-17(13-11-16)23-21(26)20-9-4-5-14-24(20)31(29,30)19-8-6-7-18(15-19)25(27)28/h6-8,10-13,15,20H,4-5,9,14H2,1-3H3,(H,23,26)/t20-/m0/s1. The first-order valence-electron chi connectivity index (χ1n) is 10.2. The lowest BCUT2D eigenvalue weighted by molar-refractivity contribution is -0.385. The first-order chi connectivity index (χ1) is 14.5. The summed E-state index contributed by atoms with van der Waals surface area (Å²) in [7, 11) is -4.06. The molecule has 0 bridgehead atoms. The molecule has 1 saturated heterocycles. The van der Waals surface area contributed by atoms with Crippen molar-refractivity contribution < 1.29 is 18.1 Å². The fourth-order valence-corrected chi connectivity index (χ4v) is 5.32. The lowest BCUT2D eigenvalue weighted by atomic mass is 9.87. The molecule has 8 nitrogen and oxygen atoms in total. The van der Waals surface area contributed by atoms with Crippen molar-refractivity contribution >= 4 is 27.3 Å². The van der Waals surface area contributed by atoms with Crippen LogP contribution in [0.4, 0.5) is 11.4 Å². The van der Waals surface area contributed by atoms with E-state index < -0.39 is 26.9 Å². The Morgan fingerprint density at radius 3 is 2.42 bits per heavy atom. The van der Waals surface area contributed by atoms with E-state index in [0.717, 1.165) is 22.4 Å². The number of non-ortho nitro benzene ring substituents is 1. The van der Waals surface area contributed by atoms with Crippen LogP contribution in [0, 0.1) is 10.1 Å². The zero-order valence-electron chi connectivity index (χ0n) is 17.9. The Morgan fingerprint density at radius 2 is 1.81 bits per heavy atom. The van der Waals surface area contributed by atoms with E-state index in [1.807, 2.05) is 12.1 Å². The number of nitro benzene ring substituents is 1. The van der Waals surface area contributed by atoms with Crippen molar-refractivity contribution in [3.63, 3.8) is 0 Å². The van der Waals surface area contributed by atoms with Gasteiger partial charge in [-0.1, -0.05) is 45.4 Å². The molecule has 1 amide bonds. The van der Waals surface area contributed by atoms with Crippen LogP contribution in [0.3, 0.4) is 0 Å². The molecule has 3 rings (SSSR count). The Hall–Kier alpha value is -2.78. The Kier molecular flexibility index (Phi) is 6.47. The molecule has 0 unspecified atom stereocenters. The SMILES string of the molecule is CC(C)(C)c1ccc(NC(=O)[C@@H]2CCCCN2S(=O)(=O)c2cccc([N+](=O)[O-])c2)cc1. The Bertz CT molecular complexity index is 1080. The quantitative estimate of drug-likeness (QED) is 0.551. The van der Waals surface area contributed by atoms with Crippen molar-refractivity contribution in [3.05, 3.63) is 64.2 Å². The molecule has 0 saturated carbocycles. The molecule has 1 N–H and O–H groups in total. The molecule has 0 aliphatic carbocycles. The van der Waals surface area contributed by atoms with Gasteiger partial charge in [-0.05, 0) is 42.0 Å². The number of carbonyl (C=O) groups excluding carboxylic acids is 1. The van der Waals surface area contributed by atoms with Gasteiger partial charge in [-0.2, -0.15) is 4.31 Å². The Labute approximate surface area is 182 Å². The summed E-state index contributed by atoms with van der Waals surface area (Å²) in [5.74, 6) is -0.405. The second-order valence-electron chi connectivity index (χ2n) is 8.70. The fraction of sp³-hybridized carbons (Fsp3) is 0.409. The van der Waals surface area contributed by atoms with Crippen LogP contribution in [0.1, 0.15) is 45.6 Å². The van der Waals surface area contributed by atoms with Gasteiger partial charge in [0, 0.05) is 24.4 Å². The summed E-state index contributed by atoms with van der Waals surface area (Å²) in [5.41, 5.74) is 1.39. The van der Waals surface area contributed by atoms with Crippen molar-refractivity contribution in [2.75, 3.05) is 11.9 Å². The number of anilines is 1. The molecule has 0 spiro atoms.